The summed E-state index contributed by atoms with van der Waals surface area (Å²) < 4.78 is 46.9. The zero-order valence-corrected chi connectivity index (χ0v) is 18.8. The molecule has 170 valence electrons. The summed E-state index contributed by atoms with van der Waals surface area (Å²) in [6.45, 7) is 2.25. The van der Waals surface area contributed by atoms with Gasteiger partial charge in [0.2, 0.25) is 15.6 Å². The second-order valence-corrected chi connectivity index (χ2v) is 9.44. The number of rotatable bonds is 9. The molecule has 9 heteroatoms. The lowest BCUT2D eigenvalue weighted by molar-refractivity contribution is 0.0982. The van der Waals surface area contributed by atoms with Gasteiger partial charge in [0.25, 0.3) is 0 Å². The van der Waals surface area contributed by atoms with E-state index in [0.29, 0.717) is 30.8 Å². The minimum Gasteiger partial charge on any atom is -0.491 e. The van der Waals surface area contributed by atoms with Gasteiger partial charge in [-0.05, 0) is 48.7 Å². The van der Waals surface area contributed by atoms with Crippen LogP contribution in [0, 0.1) is 5.82 Å². The van der Waals surface area contributed by atoms with Crippen LogP contribution in [0.25, 0.3) is 5.78 Å². The van der Waals surface area contributed by atoms with E-state index in [1.54, 1.807) is 35.1 Å². The Morgan fingerprint density at radius 1 is 1.09 bits per heavy atom. The molecule has 0 aliphatic carbocycles. The van der Waals surface area contributed by atoms with Crippen LogP contribution in [0.15, 0.2) is 77.0 Å². The van der Waals surface area contributed by atoms with E-state index in [0.717, 1.165) is 11.6 Å². The standard InChI is InChI=1S/C24H22FN3O4S/c1-2-13-32-23-10-8-20(14-21(23)25)33(30,31)19-6-3-17(4-7-19)5-9-22(29)18-15-27-24-26-11-12-28(24)16-18/h3-4,6-8,10-12,14-16H,2,5,9,13H2,1H3. The molecule has 2 heterocycles. The van der Waals surface area contributed by atoms with E-state index in [4.69, 9.17) is 4.74 Å². The minimum atomic E-state index is -3.88. The highest BCUT2D eigenvalue weighted by Gasteiger charge is 2.20. The molecule has 0 bridgehead atoms. The van der Waals surface area contributed by atoms with Gasteiger partial charge >= 0.3 is 0 Å². The van der Waals surface area contributed by atoms with Crippen molar-refractivity contribution in [1.82, 2.24) is 14.4 Å². The number of fused-ring (bicyclic) bond motifs is 1. The first-order valence-electron chi connectivity index (χ1n) is 10.5. The van der Waals surface area contributed by atoms with E-state index in [-0.39, 0.29) is 27.7 Å². The SMILES string of the molecule is CCCOc1ccc(S(=O)(=O)c2ccc(CCC(=O)c3cnc4nccn4c3)cc2)cc1F. The van der Waals surface area contributed by atoms with E-state index in [9.17, 15) is 17.6 Å². The van der Waals surface area contributed by atoms with E-state index in [2.05, 4.69) is 9.97 Å². The molecule has 7 nitrogen and oxygen atoms in total. The van der Waals surface area contributed by atoms with Crippen LogP contribution < -0.4 is 4.74 Å². The van der Waals surface area contributed by atoms with Crippen molar-refractivity contribution in [2.24, 2.45) is 0 Å². The van der Waals surface area contributed by atoms with Crippen molar-refractivity contribution in [2.45, 2.75) is 36.0 Å². The number of sulfone groups is 1. The predicted octanol–water partition coefficient (Wildman–Crippen LogP) is 4.31. The number of aryl methyl sites for hydroxylation is 1. The first-order chi connectivity index (χ1) is 15.9. The molecule has 0 fully saturated rings. The Balaban J connectivity index is 1.43. The number of hydrogen-bond acceptors (Lipinski definition) is 6. The maximum absolute atomic E-state index is 14.2. The summed E-state index contributed by atoms with van der Waals surface area (Å²) >= 11 is 0. The number of carbonyl (C=O) groups is 1. The molecule has 4 rings (SSSR count). The Hall–Kier alpha value is -3.59. The third-order valence-electron chi connectivity index (χ3n) is 5.12. The number of aromatic nitrogens is 3. The fourth-order valence-electron chi connectivity index (χ4n) is 3.31. The molecule has 33 heavy (non-hydrogen) atoms. The number of ether oxygens (including phenoxy) is 1. The second kappa shape index (κ2) is 9.50. The molecule has 0 saturated carbocycles. The van der Waals surface area contributed by atoms with Crippen molar-refractivity contribution < 1.29 is 22.3 Å². The number of imidazole rings is 1. The number of halogens is 1. The highest BCUT2D eigenvalue weighted by molar-refractivity contribution is 7.91. The van der Waals surface area contributed by atoms with Crippen LogP contribution in [0.4, 0.5) is 4.39 Å². The molecule has 0 aliphatic heterocycles. The van der Waals surface area contributed by atoms with Crippen molar-refractivity contribution in [3.05, 3.63) is 84.2 Å². The average Bonchev–Trinajstić information content (AvgIpc) is 3.30. The van der Waals surface area contributed by atoms with Crippen LogP contribution in [-0.4, -0.2) is 35.2 Å². The van der Waals surface area contributed by atoms with Gasteiger partial charge in [0, 0.05) is 31.2 Å². The Morgan fingerprint density at radius 3 is 2.58 bits per heavy atom. The van der Waals surface area contributed by atoms with Gasteiger partial charge in [-0.25, -0.2) is 22.8 Å². The fourth-order valence-corrected chi connectivity index (χ4v) is 4.58. The maximum atomic E-state index is 14.2. The van der Waals surface area contributed by atoms with Crippen molar-refractivity contribution >= 4 is 21.4 Å². The van der Waals surface area contributed by atoms with E-state index in [1.807, 2.05) is 6.92 Å². The Morgan fingerprint density at radius 2 is 1.85 bits per heavy atom. The van der Waals surface area contributed by atoms with E-state index >= 15 is 0 Å². The highest BCUT2D eigenvalue weighted by atomic mass is 32.2. The Labute approximate surface area is 190 Å². The second-order valence-electron chi connectivity index (χ2n) is 7.49. The zero-order valence-electron chi connectivity index (χ0n) is 17.9. The molecular formula is C24H22FN3O4S. The molecular weight excluding hydrogens is 445 g/mol. The summed E-state index contributed by atoms with van der Waals surface area (Å²) in [6, 6.07) is 9.88. The lowest BCUT2D eigenvalue weighted by Gasteiger charge is -2.09. The molecule has 0 amide bonds. The lowest BCUT2D eigenvalue weighted by Crippen LogP contribution is -2.05. The molecule has 0 atom stereocenters. The van der Waals surface area contributed by atoms with Gasteiger partial charge in [-0.15, -0.1) is 0 Å². The zero-order chi connectivity index (χ0) is 23.4. The van der Waals surface area contributed by atoms with Gasteiger partial charge in [0.05, 0.1) is 22.0 Å². The average molecular weight is 468 g/mol. The molecule has 2 aromatic carbocycles. The van der Waals surface area contributed by atoms with Crippen LogP contribution in [0.1, 0.15) is 35.7 Å². The number of nitrogens with zero attached hydrogens (tertiary/aromatic N) is 3. The number of Topliss-reactive ketones (excluding diaryl/α,β-unsaturated/α-hetero) is 1. The van der Waals surface area contributed by atoms with Gasteiger partial charge in [-0.3, -0.25) is 9.20 Å². The maximum Gasteiger partial charge on any atom is 0.233 e. The van der Waals surface area contributed by atoms with E-state index in [1.165, 1.54) is 30.5 Å². The molecule has 2 aromatic heterocycles. The quantitative estimate of drug-likeness (QED) is 0.341. The summed E-state index contributed by atoms with van der Waals surface area (Å²) in [5, 5.41) is 0. The minimum absolute atomic E-state index is 0.0261. The summed E-state index contributed by atoms with van der Waals surface area (Å²) in [6.07, 6.45) is 7.92. The summed E-state index contributed by atoms with van der Waals surface area (Å²) in [7, 11) is -3.88. The highest BCUT2D eigenvalue weighted by Crippen LogP contribution is 2.26. The first-order valence-corrected chi connectivity index (χ1v) is 11.9. The molecule has 0 unspecified atom stereocenters. The molecule has 0 N–H and O–H groups in total. The molecule has 0 radical (unpaired) electrons. The topological polar surface area (TPSA) is 90.6 Å². The van der Waals surface area contributed by atoms with Gasteiger partial charge < -0.3 is 4.74 Å². The number of hydrogen-bond donors (Lipinski definition) is 0. The smallest absolute Gasteiger partial charge is 0.233 e. The molecule has 4 aromatic rings. The van der Waals surface area contributed by atoms with Crippen molar-refractivity contribution in [2.75, 3.05) is 6.61 Å². The monoisotopic (exact) mass is 467 g/mol. The predicted molar refractivity (Wildman–Crippen MR) is 120 cm³/mol. The number of ketones is 1. The summed E-state index contributed by atoms with van der Waals surface area (Å²) in [5.41, 5.74) is 1.29. The van der Waals surface area contributed by atoms with Crippen LogP contribution in [0.5, 0.6) is 5.75 Å². The normalized spacial score (nSPS) is 11.6. The number of carbonyl (C=O) groups excluding carboxylic acids is 1. The van der Waals surface area contributed by atoms with E-state index < -0.39 is 15.7 Å². The Kier molecular flexibility index (Phi) is 6.50. The van der Waals surface area contributed by atoms with Gasteiger partial charge in [0.15, 0.2) is 17.3 Å². The van der Waals surface area contributed by atoms with Crippen molar-refractivity contribution in [1.29, 1.82) is 0 Å². The summed E-state index contributed by atoms with van der Waals surface area (Å²) in [5.74, 6) is -0.247. The summed E-state index contributed by atoms with van der Waals surface area (Å²) in [4.78, 5) is 20.6. The van der Waals surface area contributed by atoms with Gasteiger partial charge in [-0.2, -0.15) is 0 Å². The Bertz CT molecular complexity index is 1400. The molecule has 0 aliphatic rings. The first kappa shape index (κ1) is 22.6. The largest absolute Gasteiger partial charge is 0.491 e. The molecule has 0 saturated heterocycles. The van der Waals surface area contributed by atoms with Crippen LogP contribution in [0.3, 0.4) is 0 Å². The van der Waals surface area contributed by atoms with Crippen LogP contribution >= 0.6 is 0 Å². The molecule has 0 spiro atoms. The third-order valence-corrected chi connectivity index (χ3v) is 6.88. The van der Waals surface area contributed by atoms with Crippen molar-refractivity contribution in [3.63, 3.8) is 0 Å². The van der Waals surface area contributed by atoms with Crippen LogP contribution in [-0.2, 0) is 16.3 Å². The van der Waals surface area contributed by atoms with Gasteiger partial charge in [0.1, 0.15) is 0 Å². The van der Waals surface area contributed by atoms with Gasteiger partial charge in [-0.1, -0.05) is 19.1 Å². The van der Waals surface area contributed by atoms with Crippen molar-refractivity contribution in [3.8, 4) is 5.75 Å². The number of benzene rings is 2. The van der Waals surface area contributed by atoms with Crippen LogP contribution in [0.2, 0.25) is 0 Å². The third kappa shape index (κ3) is 4.93. The lowest BCUT2D eigenvalue weighted by atomic mass is 10.0. The fraction of sp³-hybridized carbons (Fsp3) is 0.208.